The summed E-state index contributed by atoms with van der Waals surface area (Å²) in [5, 5.41) is 19.9. The molecule has 1 rings (SSSR count). The van der Waals surface area contributed by atoms with E-state index in [0.717, 1.165) is 0 Å². The van der Waals surface area contributed by atoms with Crippen LogP contribution in [0.3, 0.4) is 0 Å². The molecule has 0 aliphatic carbocycles. The molecule has 0 fully saturated rings. The second-order valence-corrected chi connectivity index (χ2v) is 5.47. The quantitative estimate of drug-likeness (QED) is 0.361. The number of hydrogen-bond donors (Lipinski definition) is 6. The summed E-state index contributed by atoms with van der Waals surface area (Å²) >= 11 is 0. The third-order valence-electron chi connectivity index (χ3n) is 2.75. The van der Waals surface area contributed by atoms with Crippen molar-refractivity contribution in [3.63, 3.8) is 0 Å². The van der Waals surface area contributed by atoms with Gasteiger partial charge in [0.2, 0.25) is 0 Å². The molecule has 0 saturated heterocycles. The van der Waals surface area contributed by atoms with E-state index in [1.54, 1.807) is 0 Å². The van der Waals surface area contributed by atoms with Crippen LogP contribution in [0.25, 0.3) is 0 Å². The molecule has 0 aliphatic heterocycles. The zero-order valence-corrected chi connectivity index (χ0v) is 11.7. The molecule has 1 aromatic rings. The maximum atomic E-state index is 10.7. The van der Waals surface area contributed by atoms with Crippen molar-refractivity contribution in [2.75, 3.05) is 6.54 Å². The van der Waals surface area contributed by atoms with E-state index in [4.69, 9.17) is 21.3 Å². The minimum absolute atomic E-state index is 0.0113. The fourth-order valence-electron chi connectivity index (χ4n) is 1.58. The monoisotopic (exact) mass is 307 g/mol. The lowest BCUT2D eigenvalue weighted by atomic mass is 9.98. The SMILES string of the molecule is Cc1ncc(C(O)C(N)CN)c(COP(=O)(O)O)c1O. The smallest absolute Gasteiger partial charge is 0.469 e. The molecule has 8 N–H and O–H groups in total. The Bertz CT molecular complexity index is 520. The van der Waals surface area contributed by atoms with E-state index in [1.807, 2.05) is 0 Å². The molecule has 2 unspecified atom stereocenters. The first-order valence-electron chi connectivity index (χ1n) is 5.68. The summed E-state index contributed by atoms with van der Waals surface area (Å²) < 4.78 is 15.1. The van der Waals surface area contributed by atoms with Crippen LogP contribution >= 0.6 is 7.82 Å². The molecule has 1 aromatic heterocycles. The summed E-state index contributed by atoms with van der Waals surface area (Å²) in [5.41, 5.74) is 11.3. The van der Waals surface area contributed by atoms with E-state index < -0.39 is 26.6 Å². The maximum absolute atomic E-state index is 10.7. The van der Waals surface area contributed by atoms with Crippen molar-refractivity contribution in [1.82, 2.24) is 4.98 Å². The number of aryl methyl sites for hydroxylation is 1. The predicted octanol–water partition coefficient (Wildman–Crippen LogP) is -0.976. The molecule has 0 spiro atoms. The van der Waals surface area contributed by atoms with Crippen LogP contribution in [0.2, 0.25) is 0 Å². The van der Waals surface area contributed by atoms with E-state index in [1.165, 1.54) is 13.1 Å². The molecule has 0 aromatic carbocycles. The highest BCUT2D eigenvalue weighted by Gasteiger charge is 2.24. The summed E-state index contributed by atoms with van der Waals surface area (Å²) in [7, 11) is -4.72. The van der Waals surface area contributed by atoms with Gasteiger partial charge < -0.3 is 31.5 Å². The van der Waals surface area contributed by atoms with E-state index in [0.29, 0.717) is 0 Å². The van der Waals surface area contributed by atoms with Gasteiger partial charge in [0.25, 0.3) is 0 Å². The summed E-state index contributed by atoms with van der Waals surface area (Å²) in [6.07, 6.45) is 0.0162. The Balaban J connectivity index is 3.17. The van der Waals surface area contributed by atoms with Crippen molar-refractivity contribution in [2.45, 2.75) is 25.7 Å². The largest absolute Gasteiger partial charge is 0.506 e. The Kier molecular flexibility index (Phi) is 5.60. The van der Waals surface area contributed by atoms with Gasteiger partial charge in [0.1, 0.15) is 5.75 Å². The molecule has 2 atom stereocenters. The summed E-state index contributed by atoms with van der Waals surface area (Å²) in [6.45, 7) is 0.882. The summed E-state index contributed by atoms with van der Waals surface area (Å²) in [6, 6.07) is -0.812. The zero-order chi connectivity index (χ0) is 15.5. The third-order valence-corrected chi connectivity index (χ3v) is 3.21. The lowest BCUT2D eigenvalue weighted by Crippen LogP contribution is -2.36. The number of aromatic nitrogens is 1. The van der Waals surface area contributed by atoms with E-state index in [2.05, 4.69) is 9.51 Å². The third kappa shape index (κ3) is 4.22. The van der Waals surface area contributed by atoms with Gasteiger partial charge in [0.05, 0.1) is 18.4 Å². The number of phosphoric acid groups is 1. The minimum atomic E-state index is -4.72. The van der Waals surface area contributed by atoms with Crippen LogP contribution in [0.4, 0.5) is 0 Å². The fraction of sp³-hybridized carbons (Fsp3) is 0.500. The molecule has 0 aliphatic rings. The Morgan fingerprint density at radius 2 is 2.10 bits per heavy atom. The summed E-state index contributed by atoms with van der Waals surface area (Å²) in [4.78, 5) is 21.3. The number of nitrogens with zero attached hydrogens (tertiary/aromatic N) is 1. The van der Waals surface area contributed by atoms with Crippen LogP contribution in [0, 0.1) is 6.92 Å². The number of aromatic hydroxyl groups is 1. The number of hydrogen-bond acceptors (Lipinski definition) is 7. The second kappa shape index (κ2) is 6.59. The van der Waals surface area contributed by atoms with Crippen LogP contribution in [-0.4, -0.2) is 37.6 Å². The maximum Gasteiger partial charge on any atom is 0.469 e. The van der Waals surface area contributed by atoms with Gasteiger partial charge >= 0.3 is 7.82 Å². The van der Waals surface area contributed by atoms with E-state index >= 15 is 0 Å². The second-order valence-electron chi connectivity index (χ2n) is 4.23. The van der Waals surface area contributed by atoms with Gasteiger partial charge in [0, 0.05) is 29.9 Å². The van der Waals surface area contributed by atoms with Gasteiger partial charge in [-0.25, -0.2) is 4.57 Å². The molecule has 20 heavy (non-hydrogen) atoms. The first kappa shape index (κ1) is 17.0. The Morgan fingerprint density at radius 1 is 1.50 bits per heavy atom. The van der Waals surface area contributed by atoms with Crippen molar-refractivity contribution in [1.29, 1.82) is 0 Å². The van der Waals surface area contributed by atoms with Crippen LogP contribution in [0.1, 0.15) is 22.9 Å². The summed E-state index contributed by atoms with van der Waals surface area (Å²) in [5.74, 6) is -0.320. The molecule has 0 saturated carbocycles. The van der Waals surface area contributed by atoms with E-state index in [9.17, 15) is 14.8 Å². The molecule has 0 radical (unpaired) electrons. The van der Waals surface area contributed by atoms with Crippen LogP contribution in [0.15, 0.2) is 6.20 Å². The van der Waals surface area contributed by atoms with Gasteiger partial charge in [0.15, 0.2) is 0 Å². The normalized spacial score (nSPS) is 15.1. The molecular weight excluding hydrogens is 289 g/mol. The lowest BCUT2D eigenvalue weighted by Gasteiger charge is -2.21. The minimum Gasteiger partial charge on any atom is -0.506 e. The first-order valence-corrected chi connectivity index (χ1v) is 7.21. The number of pyridine rings is 1. The van der Waals surface area contributed by atoms with Crippen molar-refractivity contribution in [2.24, 2.45) is 11.5 Å². The van der Waals surface area contributed by atoms with E-state index in [-0.39, 0.29) is 29.1 Å². The molecule has 114 valence electrons. The van der Waals surface area contributed by atoms with Crippen molar-refractivity contribution >= 4 is 7.82 Å². The number of aliphatic hydroxyl groups excluding tert-OH is 1. The Morgan fingerprint density at radius 3 is 2.60 bits per heavy atom. The van der Waals surface area contributed by atoms with Gasteiger partial charge in [-0.2, -0.15) is 0 Å². The predicted molar refractivity (Wildman–Crippen MR) is 69.5 cm³/mol. The Labute approximate surface area is 115 Å². The first-order chi connectivity index (χ1) is 9.17. The number of aliphatic hydroxyl groups is 1. The standard InChI is InChI=1S/C10H18N3O6P/c1-5-9(14)7(4-19-20(16,17)18)6(3-13-5)10(15)8(12)2-11/h3,8,10,14-15H,2,4,11-12H2,1H3,(H2,16,17,18). The van der Waals surface area contributed by atoms with Crippen molar-refractivity contribution in [3.05, 3.63) is 23.0 Å². The van der Waals surface area contributed by atoms with Gasteiger partial charge in [-0.1, -0.05) is 0 Å². The number of phosphoric ester groups is 1. The molecule has 9 nitrogen and oxygen atoms in total. The van der Waals surface area contributed by atoms with Crippen LogP contribution in [-0.2, 0) is 15.7 Å². The molecule has 0 amide bonds. The van der Waals surface area contributed by atoms with Gasteiger partial charge in [-0.05, 0) is 6.92 Å². The Hall–Kier alpha value is -1.06. The zero-order valence-electron chi connectivity index (χ0n) is 10.8. The molecule has 10 heteroatoms. The van der Waals surface area contributed by atoms with Crippen molar-refractivity contribution < 1.29 is 29.1 Å². The fourth-order valence-corrected chi connectivity index (χ4v) is 1.87. The molecule has 1 heterocycles. The van der Waals surface area contributed by atoms with Gasteiger partial charge in [-0.15, -0.1) is 0 Å². The van der Waals surface area contributed by atoms with Crippen LogP contribution < -0.4 is 11.5 Å². The highest BCUT2D eigenvalue weighted by Crippen LogP contribution is 2.39. The highest BCUT2D eigenvalue weighted by atomic mass is 31.2. The average Bonchev–Trinajstić information content (AvgIpc) is 2.37. The molecule has 0 bridgehead atoms. The highest BCUT2D eigenvalue weighted by molar-refractivity contribution is 7.46. The molecular formula is C10H18N3O6P. The number of nitrogens with two attached hydrogens (primary N) is 2. The van der Waals surface area contributed by atoms with Crippen molar-refractivity contribution in [3.8, 4) is 5.75 Å². The van der Waals surface area contributed by atoms with Crippen LogP contribution in [0.5, 0.6) is 5.75 Å². The lowest BCUT2D eigenvalue weighted by molar-refractivity contribution is 0.142. The topological polar surface area (TPSA) is 172 Å². The average molecular weight is 307 g/mol. The van der Waals surface area contributed by atoms with Gasteiger partial charge in [-0.3, -0.25) is 9.51 Å². The number of rotatable bonds is 6.